The molecule has 3 rings (SSSR count). The van der Waals surface area contributed by atoms with E-state index in [1.54, 1.807) is 30.3 Å². The molecule has 0 fully saturated rings. The molecule has 10 heteroatoms. The lowest BCUT2D eigenvalue weighted by molar-refractivity contribution is -0.145. The van der Waals surface area contributed by atoms with Gasteiger partial charge in [-0.1, -0.05) is 66.7 Å². The predicted octanol–water partition coefficient (Wildman–Crippen LogP) is 4.08. The van der Waals surface area contributed by atoms with Crippen LogP contribution in [0.25, 0.3) is 0 Å². The van der Waals surface area contributed by atoms with Gasteiger partial charge in [0.15, 0.2) is 0 Å². The normalized spacial score (nSPS) is 13.2. The first-order valence-electron chi connectivity index (χ1n) is 11.2. The predicted molar refractivity (Wildman–Crippen MR) is 132 cm³/mol. The highest BCUT2D eigenvalue weighted by molar-refractivity contribution is 8.10. The second-order valence-electron chi connectivity index (χ2n) is 8.11. The van der Waals surface area contributed by atoms with Gasteiger partial charge in [0.2, 0.25) is 19.7 Å². The molecule has 3 aromatic rings. The molecule has 0 aromatic heterocycles. The zero-order valence-electron chi connectivity index (χ0n) is 19.4. The monoisotopic (exact) mass is 534 g/mol. The highest BCUT2D eigenvalue weighted by Crippen LogP contribution is 2.45. The molecule has 0 aliphatic rings. The summed E-state index contributed by atoms with van der Waals surface area (Å²) in [7, 11) is -10.3. The standard InChI is InChI=1S/C26H27FO7S2/c27-26(35(30,31)23-12-6-2-7-13-23,36(32,33)24-14-8-3-9-15-24)22(18-19-28)16-17-25(29)34-20-21-10-4-1-5-11-21/h1-15,22,28H,16-20H2/t22-/m1/s1. The van der Waals surface area contributed by atoms with E-state index in [0.29, 0.717) is 0 Å². The van der Waals surface area contributed by atoms with E-state index in [0.717, 1.165) is 29.8 Å². The molecule has 7 nitrogen and oxygen atoms in total. The third kappa shape index (κ3) is 5.66. The molecule has 36 heavy (non-hydrogen) atoms. The molecule has 1 atom stereocenters. The van der Waals surface area contributed by atoms with Crippen LogP contribution >= 0.6 is 0 Å². The number of alkyl halides is 1. The third-order valence-corrected chi connectivity index (χ3v) is 11.0. The van der Waals surface area contributed by atoms with Crippen LogP contribution in [0.2, 0.25) is 0 Å². The molecule has 0 amide bonds. The van der Waals surface area contributed by atoms with Crippen molar-refractivity contribution in [1.82, 2.24) is 0 Å². The Kier molecular flexibility index (Phi) is 8.99. The van der Waals surface area contributed by atoms with Gasteiger partial charge in [0.25, 0.3) is 0 Å². The molecule has 1 N–H and O–H groups in total. The second-order valence-corrected chi connectivity index (χ2v) is 12.5. The Bertz CT molecular complexity index is 1280. The highest BCUT2D eigenvalue weighted by Gasteiger charge is 2.61. The Morgan fingerprint density at radius 2 is 1.22 bits per heavy atom. The van der Waals surface area contributed by atoms with Crippen LogP contribution in [0.4, 0.5) is 4.39 Å². The van der Waals surface area contributed by atoms with Crippen molar-refractivity contribution in [1.29, 1.82) is 0 Å². The molecule has 0 saturated heterocycles. The molecule has 0 aliphatic heterocycles. The number of hydrogen-bond donors (Lipinski definition) is 1. The van der Waals surface area contributed by atoms with Crippen LogP contribution in [0.5, 0.6) is 0 Å². The van der Waals surface area contributed by atoms with E-state index in [1.807, 2.05) is 0 Å². The van der Waals surface area contributed by atoms with Crippen LogP contribution in [0.3, 0.4) is 0 Å². The van der Waals surface area contributed by atoms with E-state index in [4.69, 9.17) is 4.74 Å². The summed E-state index contributed by atoms with van der Waals surface area (Å²) < 4.78 is 72.7. The van der Waals surface area contributed by atoms with Gasteiger partial charge in [-0.25, -0.2) is 21.2 Å². The zero-order valence-corrected chi connectivity index (χ0v) is 21.0. The van der Waals surface area contributed by atoms with E-state index < -0.39 is 71.6 Å². The lowest BCUT2D eigenvalue weighted by Gasteiger charge is -2.32. The van der Waals surface area contributed by atoms with E-state index in [2.05, 4.69) is 0 Å². The van der Waals surface area contributed by atoms with Gasteiger partial charge in [-0.15, -0.1) is 0 Å². The second kappa shape index (κ2) is 11.8. The summed E-state index contributed by atoms with van der Waals surface area (Å²) >= 11 is 0. The topological polar surface area (TPSA) is 115 Å². The number of carbonyl (C=O) groups is 1. The number of rotatable bonds is 12. The lowest BCUT2D eigenvalue weighted by Crippen LogP contribution is -2.49. The van der Waals surface area contributed by atoms with E-state index >= 15 is 4.39 Å². The number of benzene rings is 3. The summed E-state index contributed by atoms with van der Waals surface area (Å²) in [6.45, 7) is -0.736. The van der Waals surface area contributed by atoms with Crippen LogP contribution in [0, 0.1) is 5.92 Å². The smallest absolute Gasteiger partial charge is 0.320 e. The van der Waals surface area contributed by atoms with Gasteiger partial charge >= 0.3 is 10.3 Å². The molecule has 3 aromatic carbocycles. The Balaban J connectivity index is 1.98. The van der Waals surface area contributed by atoms with Crippen molar-refractivity contribution in [3.63, 3.8) is 0 Å². The van der Waals surface area contributed by atoms with Crippen LogP contribution in [0.1, 0.15) is 24.8 Å². The summed E-state index contributed by atoms with van der Waals surface area (Å²) in [5.41, 5.74) is 0.718. The molecule has 0 heterocycles. The van der Waals surface area contributed by atoms with E-state index in [9.17, 15) is 26.7 Å². The highest BCUT2D eigenvalue weighted by atomic mass is 32.3. The number of aliphatic hydroxyl groups is 1. The van der Waals surface area contributed by atoms with E-state index in [1.165, 1.54) is 36.4 Å². The Morgan fingerprint density at radius 1 is 0.778 bits per heavy atom. The first-order chi connectivity index (χ1) is 17.1. The SMILES string of the molecule is O=C(CC[C@H](CCO)C(F)(S(=O)(=O)c1ccccc1)S(=O)(=O)c1ccccc1)OCc1ccccc1. The van der Waals surface area contributed by atoms with Crippen molar-refractivity contribution in [2.24, 2.45) is 5.92 Å². The number of sulfone groups is 2. The van der Waals surface area contributed by atoms with Gasteiger partial charge in [-0.05, 0) is 42.7 Å². The van der Waals surface area contributed by atoms with Gasteiger partial charge in [0.05, 0.1) is 9.79 Å². The minimum absolute atomic E-state index is 0.0459. The van der Waals surface area contributed by atoms with Crippen molar-refractivity contribution < 1.29 is 35.9 Å². The molecular formula is C26H27FO7S2. The first kappa shape index (κ1) is 27.5. The number of esters is 1. The Labute approximate surface area is 210 Å². The van der Waals surface area contributed by atoms with Gasteiger partial charge in [-0.2, -0.15) is 0 Å². The maximum Gasteiger partial charge on any atom is 0.320 e. The van der Waals surface area contributed by atoms with Crippen LogP contribution < -0.4 is 0 Å². The van der Waals surface area contributed by atoms with E-state index in [-0.39, 0.29) is 6.61 Å². The Morgan fingerprint density at radius 3 is 1.67 bits per heavy atom. The lowest BCUT2D eigenvalue weighted by atomic mass is 10.0. The largest absolute Gasteiger partial charge is 0.461 e. The number of hydrogen-bond acceptors (Lipinski definition) is 7. The molecule has 0 aliphatic carbocycles. The Hall–Kier alpha value is -3.08. The van der Waals surface area contributed by atoms with Crippen LogP contribution in [0.15, 0.2) is 101 Å². The minimum atomic E-state index is -5.15. The maximum absolute atomic E-state index is 17.0. The number of aliphatic hydroxyl groups excluding tert-OH is 1. The first-order valence-corrected chi connectivity index (χ1v) is 14.2. The zero-order chi connectivity index (χ0) is 26.2. The average molecular weight is 535 g/mol. The van der Waals surface area contributed by atoms with Crippen molar-refractivity contribution in [3.8, 4) is 0 Å². The molecule has 0 spiro atoms. The fraction of sp³-hybridized carbons (Fsp3) is 0.269. The van der Waals surface area contributed by atoms with Crippen molar-refractivity contribution in [2.45, 2.75) is 40.0 Å². The molecule has 0 radical (unpaired) electrons. The molecular weight excluding hydrogens is 507 g/mol. The maximum atomic E-state index is 17.0. The third-order valence-electron chi connectivity index (χ3n) is 5.74. The van der Waals surface area contributed by atoms with Crippen LogP contribution in [-0.4, -0.2) is 38.9 Å². The van der Waals surface area contributed by atoms with Gasteiger partial charge in [-0.3, -0.25) is 4.79 Å². The van der Waals surface area contributed by atoms with Gasteiger partial charge < -0.3 is 9.84 Å². The molecule has 192 valence electrons. The molecule has 0 unspecified atom stereocenters. The average Bonchev–Trinajstić information content (AvgIpc) is 2.90. The van der Waals surface area contributed by atoms with Crippen LogP contribution in [-0.2, 0) is 35.8 Å². The summed E-state index contributed by atoms with van der Waals surface area (Å²) in [4.78, 5) is 11.3. The minimum Gasteiger partial charge on any atom is -0.461 e. The van der Waals surface area contributed by atoms with Gasteiger partial charge in [0.1, 0.15) is 6.61 Å². The quantitative estimate of drug-likeness (QED) is 0.348. The van der Waals surface area contributed by atoms with Crippen molar-refractivity contribution in [3.05, 3.63) is 96.6 Å². The fourth-order valence-corrected chi connectivity index (χ4v) is 8.61. The number of halogens is 1. The summed E-state index contributed by atoms with van der Waals surface area (Å²) in [5.74, 6) is -2.51. The van der Waals surface area contributed by atoms with Crippen molar-refractivity contribution >= 4 is 25.6 Å². The van der Waals surface area contributed by atoms with Gasteiger partial charge in [0, 0.05) is 18.9 Å². The molecule has 0 saturated carbocycles. The number of ether oxygens (including phenoxy) is 1. The number of carbonyl (C=O) groups excluding carboxylic acids is 1. The fourth-order valence-electron chi connectivity index (χ4n) is 3.85. The summed E-state index contributed by atoms with van der Waals surface area (Å²) in [6, 6.07) is 21.7. The van der Waals surface area contributed by atoms with Crippen molar-refractivity contribution in [2.75, 3.05) is 6.61 Å². The summed E-state index contributed by atoms with van der Waals surface area (Å²) in [5, 5.41) is 9.62. The molecule has 0 bridgehead atoms. The summed E-state index contributed by atoms with van der Waals surface area (Å²) in [6.07, 6.45) is -1.44.